The minimum Gasteiger partial charge on any atom is -0.378 e. The molecule has 0 atom stereocenters. The van der Waals surface area contributed by atoms with Crippen molar-refractivity contribution in [2.75, 3.05) is 36.9 Å². The molecule has 1 aliphatic rings. The van der Waals surface area contributed by atoms with Crippen LogP contribution in [0, 0.1) is 13.8 Å². The highest BCUT2D eigenvalue weighted by atomic mass is 35.5. The molecule has 0 saturated carbocycles. The molecular formula is C18H21ClN6OS. The Kier molecular flexibility index (Phi) is 6.54. The van der Waals surface area contributed by atoms with Crippen molar-refractivity contribution in [3.05, 3.63) is 46.7 Å². The largest absolute Gasteiger partial charge is 0.378 e. The van der Waals surface area contributed by atoms with Gasteiger partial charge in [-0.3, -0.25) is 5.32 Å². The molecule has 2 N–H and O–H groups in total. The van der Waals surface area contributed by atoms with Crippen LogP contribution in [0.25, 0.3) is 0 Å². The fourth-order valence-corrected chi connectivity index (χ4v) is 3.02. The highest BCUT2D eigenvalue weighted by Crippen LogP contribution is 2.20. The monoisotopic (exact) mass is 404 g/mol. The summed E-state index contributed by atoms with van der Waals surface area (Å²) in [7, 11) is 0. The summed E-state index contributed by atoms with van der Waals surface area (Å²) in [4.78, 5) is 15.5. The first-order valence-corrected chi connectivity index (χ1v) is 9.36. The summed E-state index contributed by atoms with van der Waals surface area (Å²) in [5, 5.41) is 7.13. The van der Waals surface area contributed by atoms with E-state index in [1.54, 1.807) is 6.07 Å². The first kappa shape index (κ1) is 19.5. The Morgan fingerprint density at radius 2 is 1.81 bits per heavy atom. The molecule has 1 aliphatic heterocycles. The number of aromatic nitrogens is 2. The topological polar surface area (TPSA) is 74.7 Å². The van der Waals surface area contributed by atoms with Crippen LogP contribution in [0.4, 0.5) is 11.6 Å². The first-order valence-electron chi connectivity index (χ1n) is 8.57. The molecule has 7 nitrogen and oxygen atoms in total. The summed E-state index contributed by atoms with van der Waals surface area (Å²) >= 11 is 11.6. The number of aliphatic imine (C=N–C) groups is 1. The van der Waals surface area contributed by atoms with Crippen LogP contribution in [0.1, 0.15) is 11.4 Å². The number of thiocarbonyl (C=S) groups is 1. The number of hydrogen-bond donors (Lipinski definition) is 2. The zero-order chi connectivity index (χ0) is 19.2. The molecule has 27 heavy (non-hydrogen) atoms. The van der Waals surface area contributed by atoms with Crippen molar-refractivity contribution < 1.29 is 4.74 Å². The Balaban J connectivity index is 1.83. The number of para-hydroxylation sites is 1. The smallest absolute Gasteiger partial charge is 0.229 e. The van der Waals surface area contributed by atoms with Gasteiger partial charge in [0.2, 0.25) is 17.0 Å². The Hall–Kier alpha value is -2.29. The molecule has 0 radical (unpaired) electrons. The van der Waals surface area contributed by atoms with Gasteiger partial charge in [-0.05, 0) is 44.3 Å². The number of benzene rings is 1. The van der Waals surface area contributed by atoms with Crippen molar-refractivity contribution in [3.63, 3.8) is 0 Å². The molecule has 0 spiro atoms. The van der Waals surface area contributed by atoms with Gasteiger partial charge >= 0.3 is 0 Å². The van der Waals surface area contributed by atoms with E-state index in [-0.39, 0.29) is 0 Å². The fraction of sp³-hybridized carbons (Fsp3) is 0.333. The molecule has 1 aromatic carbocycles. The predicted octanol–water partition coefficient (Wildman–Crippen LogP) is 3.24. The third-order valence-electron chi connectivity index (χ3n) is 3.84. The van der Waals surface area contributed by atoms with Crippen LogP contribution in [0.5, 0.6) is 0 Å². The summed E-state index contributed by atoms with van der Waals surface area (Å²) in [6, 6.07) is 9.29. The van der Waals surface area contributed by atoms with E-state index >= 15 is 0 Å². The maximum atomic E-state index is 6.18. The van der Waals surface area contributed by atoms with E-state index in [9.17, 15) is 0 Å². The molecule has 0 unspecified atom stereocenters. The number of anilines is 2. The van der Waals surface area contributed by atoms with Gasteiger partial charge < -0.3 is 15.0 Å². The maximum absolute atomic E-state index is 6.18. The Morgan fingerprint density at radius 1 is 1.15 bits per heavy atom. The minimum absolute atomic E-state index is 0.293. The Bertz CT molecular complexity index is 833. The fourth-order valence-electron chi connectivity index (χ4n) is 2.64. The standard InChI is InChI=1S/C18H21ClN6OS/c1-12-11-13(2)21-16(20-12)23-17(25-7-9-26-10-8-25)24-18(27)22-15-6-4-3-5-14(15)19/h3-6,11H,7-10H2,1-2H3,(H2,20,21,22,23,24,27). The number of halogens is 1. The SMILES string of the molecule is Cc1cc(C)nc(N/C(=N/C(=S)Nc2ccccc2Cl)N2CCOCC2)n1. The first-order chi connectivity index (χ1) is 13.0. The van der Waals surface area contributed by atoms with E-state index < -0.39 is 0 Å². The van der Waals surface area contributed by atoms with Crippen LogP contribution < -0.4 is 10.6 Å². The van der Waals surface area contributed by atoms with E-state index in [4.69, 9.17) is 28.6 Å². The van der Waals surface area contributed by atoms with E-state index in [0.29, 0.717) is 54.0 Å². The van der Waals surface area contributed by atoms with Crippen LogP contribution in [-0.2, 0) is 4.74 Å². The van der Waals surface area contributed by atoms with Gasteiger partial charge in [0.1, 0.15) is 0 Å². The highest BCUT2D eigenvalue weighted by Gasteiger charge is 2.17. The summed E-state index contributed by atoms with van der Waals surface area (Å²) in [6.07, 6.45) is 0. The van der Waals surface area contributed by atoms with Gasteiger partial charge in [0, 0.05) is 24.5 Å². The van der Waals surface area contributed by atoms with Crippen LogP contribution in [0.2, 0.25) is 5.02 Å². The number of morpholine rings is 1. The molecule has 1 fully saturated rings. The maximum Gasteiger partial charge on any atom is 0.229 e. The highest BCUT2D eigenvalue weighted by molar-refractivity contribution is 7.80. The lowest BCUT2D eigenvalue weighted by Crippen LogP contribution is -2.45. The molecule has 0 amide bonds. The lowest BCUT2D eigenvalue weighted by Gasteiger charge is -2.29. The number of nitrogens with one attached hydrogen (secondary N) is 2. The average Bonchev–Trinajstić information content (AvgIpc) is 2.63. The van der Waals surface area contributed by atoms with Crippen molar-refractivity contribution in [2.45, 2.75) is 13.8 Å². The number of hydrogen-bond acceptors (Lipinski definition) is 4. The minimum atomic E-state index is 0.293. The molecule has 0 bridgehead atoms. The number of aryl methyl sites for hydroxylation is 2. The average molecular weight is 405 g/mol. The van der Waals surface area contributed by atoms with Crippen LogP contribution in [-0.4, -0.2) is 52.2 Å². The summed E-state index contributed by atoms with van der Waals surface area (Å²) < 4.78 is 5.43. The van der Waals surface area contributed by atoms with Gasteiger partial charge in [-0.25, -0.2) is 9.97 Å². The summed E-state index contributed by atoms with van der Waals surface area (Å²) in [5.74, 6) is 1.06. The second kappa shape index (κ2) is 9.07. The predicted molar refractivity (Wildman–Crippen MR) is 113 cm³/mol. The molecule has 2 aromatic rings. The van der Waals surface area contributed by atoms with Crippen molar-refractivity contribution in [2.24, 2.45) is 4.99 Å². The zero-order valence-electron chi connectivity index (χ0n) is 15.2. The Labute approximate surface area is 168 Å². The molecular weight excluding hydrogens is 384 g/mol. The zero-order valence-corrected chi connectivity index (χ0v) is 16.8. The number of ether oxygens (including phenoxy) is 1. The van der Waals surface area contributed by atoms with Crippen molar-refractivity contribution >= 4 is 46.5 Å². The molecule has 0 aliphatic carbocycles. The van der Waals surface area contributed by atoms with Crippen LogP contribution in [0.15, 0.2) is 35.3 Å². The van der Waals surface area contributed by atoms with Crippen molar-refractivity contribution in [1.29, 1.82) is 0 Å². The number of rotatable bonds is 2. The molecule has 1 saturated heterocycles. The second-order valence-electron chi connectivity index (χ2n) is 6.04. The third kappa shape index (κ3) is 5.59. The number of guanidine groups is 1. The summed E-state index contributed by atoms with van der Waals surface area (Å²) in [6.45, 7) is 6.50. The van der Waals surface area contributed by atoms with Crippen molar-refractivity contribution in [3.8, 4) is 0 Å². The molecule has 2 heterocycles. The molecule has 142 valence electrons. The quantitative estimate of drug-likeness (QED) is 0.452. The lowest BCUT2D eigenvalue weighted by atomic mass is 10.3. The van der Waals surface area contributed by atoms with Crippen molar-refractivity contribution in [1.82, 2.24) is 14.9 Å². The van der Waals surface area contributed by atoms with E-state index in [1.165, 1.54) is 0 Å². The molecule has 9 heteroatoms. The van der Waals surface area contributed by atoms with Gasteiger partial charge in [-0.15, -0.1) is 0 Å². The van der Waals surface area contributed by atoms with Crippen LogP contribution >= 0.6 is 23.8 Å². The van der Waals surface area contributed by atoms with E-state index in [0.717, 1.165) is 11.4 Å². The third-order valence-corrected chi connectivity index (χ3v) is 4.36. The van der Waals surface area contributed by atoms with Gasteiger partial charge in [0.25, 0.3) is 0 Å². The summed E-state index contributed by atoms with van der Waals surface area (Å²) in [5.41, 5.74) is 2.46. The Morgan fingerprint density at radius 3 is 2.48 bits per heavy atom. The molecule has 1 aromatic heterocycles. The van der Waals surface area contributed by atoms with Crippen LogP contribution in [0.3, 0.4) is 0 Å². The lowest BCUT2D eigenvalue weighted by molar-refractivity contribution is 0.0680. The van der Waals surface area contributed by atoms with E-state index in [1.807, 2.05) is 38.1 Å². The number of nitrogens with zero attached hydrogens (tertiary/aromatic N) is 4. The van der Waals surface area contributed by atoms with Gasteiger partial charge in [-0.1, -0.05) is 23.7 Å². The van der Waals surface area contributed by atoms with Gasteiger partial charge in [-0.2, -0.15) is 4.99 Å². The van der Waals surface area contributed by atoms with E-state index in [2.05, 4.69) is 30.5 Å². The normalized spacial score (nSPS) is 14.8. The van der Waals surface area contributed by atoms with Gasteiger partial charge in [0.05, 0.1) is 23.9 Å². The molecule has 3 rings (SSSR count). The second-order valence-corrected chi connectivity index (χ2v) is 6.84. The van der Waals surface area contributed by atoms with Gasteiger partial charge in [0.15, 0.2) is 0 Å².